The van der Waals surface area contributed by atoms with E-state index in [0.717, 1.165) is 40.5 Å². The second-order valence-corrected chi connectivity index (χ2v) is 7.40. The molecule has 0 aliphatic carbocycles. The lowest BCUT2D eigenvalue weighted by atomic mass is 9.71. The molecule has 1 atom stereocenters. The maximum absolute atomic E-state index is 11.2. The Kier molecular flexibility index (Phi) is 7.05. The van der Waals surface area contributed by atoms with Crippen LogP contribution in [0.25, 0.3) is 10.8 Å². The van der Waals surface area contributed by atoms with Gasteiger partial charge in [0, 0.05) is 6.42 Å². The molecule has 3 aromatic rings. The third kappa shape index (κ3) is 4.61. The van der Waals surface area contributed by atoms with Crippen LogP contribution in [0.15, 0.2) is 66.7 Å². The van der Waals surface area contributed by atoms with Gasteiger partial charge < -0.3 is 4.74 Å². The fourth-order valence-electron chi connectivity index (χ4n) is 3.88. The minimum atomic E-state index is -0.796. The molecule has 3 rings (SSSR count). The lowest BCUT2D eigenvalue weighted by Gasteiger charge is -2.28. The van der Waals surface area contributed by atoms with E-state index in [1.807, 2.05) is 42.5 Å². The second kappa shape index (κ2) is 9.91. The molecule has 0 fully saturated rings. The fraction of sp³-hybridized carbons (Fsp3) is 0.280. The minimum Gasteiger partial charge on any atom is -0.497 e. The number of unbranched alkanes of at least 4 members (excludes halogenated alkanes) is 2. The Morgan fingerprint density at radius 1 is 1.00 bits per heavy atom. The number of amides is 1. The van der Waals surface area contributed by atoms with Crippen LogP contribution in [-0.4, -0.2) is 18.2 Å². The zero-order valence-corrected chi connectivity index (χ0v) is 17.1. The van der Waals surface area contributed by atoms with E-state index in [0.29, 0.717) is 12.8 Å². The van der Waals surface area contributed by atoms with Crippen LogP contribution in [0.1, 0.15) is 43.2 Å². The van der Waals surface area contributed by atoms with Crippen molar-refractivity contribution in [3.63, 3.8) is 0 Å². The number of fused-ring (bicyclic) bond motifs is 1. The summed E-state index contributed by atoms with van der Waals surface area (Å²) in [5.74, 6) is 0.366. The lowest BCUT2D eigenvalue weighted by molar-refractivity contribution is -0.129. The topological polar surface area (TPSA) is 82.3 Å². The van der Waals surface area contributed by atoms with E-state index in [1.54, 1.807) is 12.6 Å². The largest absolute Gasteiger partial charge is 0.497 e. The summed E-state index contributed by atoms with van der Waals surface area (Å²) in [6.45, 7) is 0. The van der Waals surface area contributed by atoms with Crippen molar-refractivity contribution >= 4 is 16.7 Å². The maximum Gasteiger partial charge on any atom is 0.243 e. The van der Waals surface area contributed by atoms with Crippen LogP contribution in [0, 0.1) is 11.3 Å². The summed E-state index contributed by atoms with van der Waals surface area (Å²) in [5.41, 5.74) is 2.75. The van der Waals surface area contributed by atoms with Gasteiger partial charge in [0.15, 0.2) is 0 Å². The summed E-state index contributed by atoms with van der Waals surface area (Å²) in [5, 5.41) is 21.3. The SMILES string of the molecule is COc1ccc(C(C#N)(CCCCCC(=O)NO)c2ccc3ccccc3c2)cc1. The van der Waals surface area contributed by atoms with Crippen LogP contribution in [0.2, 0.25) is 0 Å². The minimum absolute atomic E-state index is 0.272. The van der Waals surface area contributed by atoms with Crippen molar-refractivity contribution in [3.05, 3.63) is 77.9 Å². The molecule has 2 N–H and O–H groups in total. The van der Waals surface area contributed by atoms with Crippen molar-refractivity contribution in [1.82, 2.24) is 5.48 Å². The zero-order valence-electron chi connectivity index (χ0n) is 17.1. The van der Waals surface area contributed by atoms with Gasteiger partial charge >= 0.3 is 0 Å². The molecular weight excluding hydrogens is 376 g/mol. The average molecular weight is 402 g/mol. The van der Waals surface area contributed by atoms with E-state index in [2.05, 4.69) is 30.3 Å². The van der Waals surface area contributed by atoms with Crippen molar-refractivity contribution in [2.75, 3.05) is 7.11 Å². The Balaban J connectivity index is 1.93. The Labute approximate surface area is 176 Å². The molecule has 1 unspecified atom stereocenters. The third-order valence-electron chi connectivity index (χ3n) is 5.60. The molecule has 0 spiro atoms. The number of carbonyl (C=O) groups is 1. The Hall–Kier alpha value is -3.36. The average Bonchev–Trinajstić information content (AvgIpc) is 2.81. The summed E-state index contributed by atoms with van der Waals surface area (Å²) < 4.78 is 5.28. The van der Waals surface area contributed by atoms with Crippen molar-refractivity contribution in [2.24, 2.45) is 0 Å². The van der Waals surface area contributed by atoms with Crippen molar-refractivity contribution in [1.29, 1.82) is 5.26 Å². The highest BCUT2D eigenvalue weighted by Crippen LogP contribution is 2.39. The number of nitriles is 1. The van der Waals surface area contributed by atoms with Gasteiger partial charge in [-0.3, -0.25) is 10.0 Å². The molecule has 5 nitrogen and oxygen atoms in total. The van der Waals surface area contributed by atoms with E-state index in [-0.39, 0.29) is 12.3 Å². The quantitative estimate of drug-likeness (QED) is 0.296. The molecule has 0 aliphatic heterocycles. The van der Waals surface area contributed by atoms with Crippen LogP contribution in [0.5, 0.6) is 5.75 Å². The van der Waals surface area contributed by atoms with Gasteiger partial charge in [0.25, 0.3) is 0 Å². The molecule has 0 bridgehead atoms. The molecule has 154 valence electrons. The first-order chi connectivity index (χ1) is 14.6. The standard InChI is InChI=1S/C25H26N2O3/c1-30-23-14-12-21(13-15-23)25(18-26,16-6-2-3-9-24(28)27-29)22-11-10-19-7-4-5-8-20(19)17-22/h4-5,7-8,10-15,17,29H,2-3,6,9,16H2,1H3,(H,27,28). The molecule has 0 heterocycles. The van der Waals surface area contributed by atoms with Crippen LogP contribution in [0.4, 0.5) is 0 Å². The van der Waals surface area contributed by atoms with Crippen molar-refractivity contribution in [2.45, 2.75) is 37.5 Å². The van der Waals surface area contributed by atoms with Gasteiger partial charge in [0.1, 0.15) is 11.2 Å². The van der Waals surface area contributed by atoms with Gasteiger partial charge in [-0.1, -0.05) is 61.4 Å². The fourth-order valence-corrected chi connectivity index (χ4v) is 3.88. The smallest absolute Gasteiger partial charge is 0.243 e. The van der Waals surface area contributed by atoms with E-state index >= 15 is 0 Å². The Bertz CT molecular complexity index is 1040. The van der Waals surface area contributed by atoms with Crippen molar-refractivity contribution < 1.29 is 14.7 Å². The summed E-state index contributed by atoms with van der Waals surface area (Å²) in [7, 11) is 1.62. The number of rotatable bonds is 9. The number of nitrogens with one attached hydrogen (secondary N) is 1. The van der Waals surface area contributed by atoms with E-state index in [1.165, 1.54) is 0 Å². The highest BCUT2D eigenvalue weighted by atomic mass is 16.5. The number of methoxy groups -OCH3 is 1. The summed E-state index contributed by atoms with van der Waals surface area (Å²) in [6, 6.07) is 24.6. The molecule has 1 amide bonds. The summed E-state index contributed by atoms with van der Waals surface area (Å²) in [4.78, 5) is 11.2. The highest BCUT2D eigenvalue weighted by molar-refractivity contribution is 5.83. The number of hydrogen-bond donors (Lipinski definition) is 2. The van der Waals surface area contributed by atoms with Crippen LogP contribution in [-0.2, 0) is 10.2 Å². The number of hydrogen-bond acceptors (Lipinski definition) is 4. The second-order valence-electron chi connectivity index (χ2n) is 7.40. The van der Waals surface area contributed by atoms with Gasteiger partial charge in [0.05, 0.1) is 13.2 Å². The lowest BCUT2D eigenvalue weighted by Crippen LogP contribution is -2.26. The first-order valence-electron chi connectivity index (χ1n) is 10.1. The van der Waals surface area contributed by atoms with Crippen LogP contribution in [0.3, 0.4) is 0 Å². The van der Waals surface area contributed by atoms with Gasteiger partial charge in [-0.15, -0.1) is 0 Å². The van der Waals surface area contributed by atoms with Gasteiger partial charge in [-0.05, 0) is 52.9 Å². The molecule has 0 saturated carbocycles. The maximum atomic E-state index is 11.2. The molecule has 30 heavy (non-hydrogen) atoms. The highest BCUT2D eigenvalue weighted by Gasteiger charge is 2.34. The number of nitrogens with zero attached hydrogens (tertiary/aromatic N) is 1. The normalized spacial score (nSPS) is 12.7. The van der Waals surface area contributed by atoms with Crippen molar-refractivity contribution in [3.8, 4) is 11.8 Å². The number of carbonyl (C=O) groups excluding carboxylic acids is 1. The molecule has 0 saturated heterocycles. The van der Waals surface area contributed by atoms with E-state index < -0.39 is 5.41 Å². The monoisotopic (exact) mass is 402 g/mol. The summed E-state index contributed by atoms with van der Waals surface area (Å²) >= 11 is 0. The molecule has 0 radical (unpaired) electrons. The molecule has 0 aliphatic rings. The van der Waals surface area contributed by atoms with Crippen LogP contribution < -0.4 is 10.2 Å². The van der Waals surface area contributed by atoms with Crippen LogP contribution >= 0.6 is 0 Å². The van der Waals surface area contributed by atoms with Gasteiger partial charge in [-0.25, -0.2) is 5.48 Å². The first-order valence-corrected chi connectivity index (χ1v) is 10.1. The number of benzene rings is 3. The molecule has 5 heteroatoms. The zero-order chi connectivity index (χ0) is 21.4. The third-order valence-corrected chi connectivity index (χ3v) is 5.60. The number of hydroxylamine groups is 1. The predicted molar refractivity (Wildman–Crippen MR) is 116 cm³/mol. The number of ether oxygens (including phenoxy) is 1. The Morgan fingerprint density at radius 2 is 1.70 bits per heavy atom. The molecule has 3 aromatic carbocycles. The first kappa shape index (κ1) is 21.4. The summed E-state index contributed by atoms with van der Waals surface area (Å²) in [6.07, 6.45) is 3.14. The molecule has 0 aromatic heterocycles. The molecular formula is C25H26N2O3. The Morgan fingerprint density at radius 3 is 2.37 bits per heavy atom. The van der Waals surface area contributed by atoms with Gasteiger partial charge in [0.2, 0.25) is 5.91 Å². The van der Waals surface area contributed by atoms with E-state index in [9.17, 15) is 10.1 Å². The van der Waals surface area contributed by atoms with Gasteiger partial charge in [-0.2, -0.15) is 5.26 Å². The van der Waals surface area contributed by atoms with E-state index in [4.69, 9.17) is 9.94 Å². The predicted octanol–water partition coefficient (Wildman–Crippen LogP) is 5.11.